The lowest BCUT2D eigenvalue weighted by Crippen LogP contribution is -2.26. The maximum Gasteiger partial charge on any atom is 0.332 e. The molecule has 2 N–H and O–H groups in total. The number of nitrogens with zero attached hydrogens (tertiary/aromatic N) is 1. The summed E-state index contributed by atoms with van der Waals surface area (Å²) in [7, 11) is 0. The lowest BCUT2D eigenvalue weighted by Gasteiger charge is -2.04. The van der Waals surface area contributed by atoms with E-state index in [2.05, 4.69) is 9.82 Å². The number of aliphatic carboxylic acids is 1. The first-order valence-electron chi connectivity index (χ1n) is 4.27. The number of carbonyl (C=O) groups is 2. The second-order valence-corrected chi connectivity index (χ2v) is 3.32. The Balaban J connectivity index is 2.62. The Morgan fingerprint density at radius 3 is 2.81 bits per heavy atom. The molecule has 0 aliphatic rings. The van der Waals surface area contributed by atoms with Crippen molar-refractivity contribution in [2.24, 2.45) is 0 Å². The van der Waals surface area contributed by atoms with Gasteiger partial charge in [0.15, 0.2) is 6.61 Å². The summed E-state index contributed by atoms with van der Waals surface area (Å²) in [6.45, 7) is 1.07. The van der Waals surface area contributed by atoms with Crippen molar-refractivity contribution in [1.29, 1.82) is 0 Å². The zero-order chi connectivity index (χ0) is 12.1. The minimum Gasteiger partial charge on any atom is -0.479 e. The van der Waals surface area contributed by atoms with Crippen molar-refractivity contribution >= 4 is 23.5 Å². The number of hydrogen-bond acceptors (Lipinski definition) is 4. The fraction of sp³-hybridized carbons (Fsp3) is 0.222. The smallest absolute Gasteiger partial charge is 0.332 e. The monoisotopic (exact) mass is 244 g/mol. The highest BCUT2D eigenvalue weighted by molar-refractivity contribution is 6.29. The largest absolute Gasteiger partial charge is 0.479 e. The summed E-state index contributed by atoms with van der Waals surface area (Å²) in [6.07, 6.45) is 0. The Morgan fingerprint density at radius 1 is 1.56 bits per heavy atom. The SMILES string of the molecule is Cc1cc(C(=O)NOCC(=O)O)cc(Cl)n1. The van der Waals surface area contributed by atoms with Crippen LogP contribution in [0.15, 0.2) is 12.1 Å². The average Bonchev–Trinajstić information content (AvgIpc) is 2.15. The van der Waals surface area contributed by atoms with Crippen LogP contribution in [-0.4, -0.2) is 28.6 Å². The normalized spacial score (nSPS) is 9.88. The third kappa shape index (κ3) is 3.84. The third-order valence-corrected chi connectivity index (χ3v) is 1.74. The van der Waals surface area contributed by atoms with Crippen LogP contribution in [0.2, 0.25) is 5.15 Å². The van der Waals surface area contributed by atoms with Crippen LogP contribution in [-0.2, 0) is 9.63 Å². The summed E-state index contributed by atoms with van der Waals surface area (Å²) in [5, 5.41) is 8.46. The summed E-state index contributed by atoms with van der Waals surface area (Å²) in [4.78, 5) is 29.8. The van der Waals surface area contributed by atoms with Gasteiger partial charge in [-0.3, -0.25) is 9.63 Å². The molecule has 1 heterocycles. The number of rotatable bonds is 4. The number of hydroxylamine groups is 1. The van der Waals surface area contributed by atoms with E-state index in [0.717, 1.165) is 0 Å². The molecular weight excluding hydrogens is 236 g/mol. The van der Waals surface area contributed by atoms with Crippen molar-refractivity contribution in [2.45, 2.75) is 6.92 Å². The van der Waals surface area contributed by atoms with Gasteiger partial charge in [0.1, 0.15) is 5.15 Å². The van der Waals surface area contributed by atoms with Gasteiger partial charge in [0.25, 0.3) is 5.91 Å². The van der Waals surface area contributed by atoms with Crippen LogP contribution in [0.5, 0.6) is 0 Å². The molecule has 0 saturated carbocycles. The standard InChI is InChI=1S/C9H9ClN2O4/c1-5-2-6(3-7(10)11-5)9(15)12-16-4-8(13)14/h2-3H,4H2,1H3,(H,12,15)(H,13,14). The number of carboxylic acid groups (broad SMARTS) is 1. The number of amides is 1. The molecule has 0 radical (unpaired) electrons. The highest BCUT2D eigenvalue weighted by Gasteiger charge is 2.08. The Bertz CT molecular complexity index is 402. The van der Waals surface area contributed by atoms with Crippen molar-refractivity contribution in [3.8, 4) is 0 Å². The van der Waals surface area contributed by atoms with Crippen LogP contribution in [0.3, 0.4) is 0 Å². The molecule has 1 aromatic heterocycles. The van der Waals surface area contributed by atoms with Gasteiger partial charge >= 0.3 is 5.97 Å². The minimum absolute atomic E-state index is 0.184. The number of halogens is 1. The fourth-order valence-electron chi connectivity index (χ4n) is 0.981. The average molecular weight is 245 g/mol. The van der Waals surface area contributed by atoms with Gasteiger partial charge in [-0.15, -0.1) is 0 Å². The van der Waals surface area contributed by atoms with E-state index < -0.39 is 18.5 Å². The second-order valence-electron chi connectivity index (χ2n) is 2.93. The number of hydrogen-bond donors (Lipinski definition) is 2. The molecule has 86 valence electrons. The lowest BCUT2D eigenvalue weighted by atomic mass is 10.2. The quantitative estimate of drug-likeness (QED) is 0.604. The van der Waals surface area contributed by atoms with E-state index in [4.69, 9.17) is 16.7 Å². The Kier molecular flexibility index (Phi) is 4.21. The van der Waals surface area contributed by atoms with Crippen molar-refractivity contribution < 1.29 is 19.5 Å². The summed E-state index contributed by atoms with van der Waals surface area (Å²) in [5.74, 6) is -1.75. The summed E-state index contributed by atoms with van der Waals surface area (Å²) >= 11 is 5.65. The van der Waals surface area contributed by atoms with Gasteiger partial charge in [-0.05, 0) is 19.1 Å². The molecule has 0 aliphatic heterocycles. The van der Waals surface area contributed by atoms with Gasteiger partial charge in [0.05, 0.1) is 0 Å². The van der Waals surface area contributed by atoms with Crippen LogP contribution >= 0.6 is 11.6 Å². The molecule has 0 bridgehead atoms. The molecule has 0 saturated heterocycles. The van der Waals surface area contributed by atoms with Gasteiger partial charge in [-0.25, -0.2) is 15.3 Å². The van der Waals surface area contributed by atoms with E-state index in [1.54, 1.807) is 6.92 Å². The van der Waals surface area contributed by atoms with Crippen LogP contribution in [0.1, 0.15) is 16.1 Å². The van der Waals surface area contributed by atoms with Gasteiger partial charge in [-0.2, -0.15) is 0 Å². The molecule has 1 rings (SSSR count). The predicted octanol–water partition coefficient (Wildman–Crippen LogP) is 0.789. The van der Waals surface area contributed by atoms with Crippen LogP contribution < -0.4 is 5.48 Å². The predicted molar refractivity (Wildman–Crippen MR) is 55.0 cm³/mol. The fourth-order valence-corrected chi connectivity index (χ4v) is 1.23. The number of aromatic nitrogens is 1. The van der Waals surface area contributed by atoms with E-state index >= 15 is 0 Å². The molecule has 0 aromatic carbocycles. The molecule has 0 unspecified atom stereocenters. The highest BCUT2D eigenvalue weighted by atomic mass is 35.5. The Hall–Kier alpha value is -1.66. The van der Waals surface area contributed by atoms with E-state index in [-0.39, 0.29) is 10.7 Å². The van der Waals surface area contributed by atoms with E-state index in [9.17, 15) is 9.59 Å². The van der Waals surface area contributed by atoms with Crippen molar-refractivity contribution in [1.82, 2.24) is 10.5 Å². The molecule has 0 fully saturated rings. The maximum absolute atomic E-state index is 11.4. The molecule has 0 atom stereocenters. The van der Waals surface area contributed by atoms with Gasteiger partial charge < -0.3 is 5.11 Å². The van der Waals surface area contributed by atoms with E-state index in [1.807, 2.05) is 5.48 Å². The van der Waals surface area contributed by atoms with E-state index in [1.165, 1.54) is 12.1 Å². The summed E-state index contributed by atoms with van der Waals surface area (Å²) < 4.78 is 0. The molecule has 1 aromatic rings. The van der Waals surface area contributed by atoms with E-state index in [0.29, 0.717) is 5.69 Å². The molecule has 1 amide bonds. The molecular formula is C9H9ClN2O4. The summed E-state index contributed by atoms with van der Waals surface area (Å²) in [5.41, 5.74) is 2.81. The number of aryl methyl sites for hydroxylation is 1. The maximum atomic E-state index is 11.4. The van der Waals surface area contributed by atoms with Gasteiger partial charge in [-0.1, -0.05) is 11.6 Å². The zero-order valence-electron chi connectivity index (χ0n) is 8.36. The molecule has 16 heavy (non-hydrogen) atoms. The molecule has 0 aliphatic carbocycles. The zero-order valence-corrected chi connectivity index (χ0v) is 9.11. The molecule has 7 heteroatoms. The number of nitrogens with one attached hydrogen (secondary N) is 1. The lowest BCUT2D eigenvalue weighted by molar-refractivity contribution is -0.144. The number of carbonyl (C=O) groups excluding carboxylic acids is 1. The number of carboxylic acids is 1. The van der Waals surface area contributed by atoms with Crippen LogP contribution in [0, 0.1) is 6.92 Å². The van der Waals surface area contributed by atoms with Gasteiger partial charge in [0, 0.05) is 11.3 Å². The first-order valence-corrected chi connectivity index (χ1v) is 4.65. The molecule has 0 spiro atoms. The summed E-state index contributed by atoms with van der Waals surface area (Å²) in [6, 6.07) is 2.86. The minimum atomic E-state index is -1.18. The van der Waals surface area contributed by atoms with Gasteiger partial charge in [0.2, 0.25) is 0 Å². The van der Waals surface area contributed by atoms with Crippen molar-refractivity contribution in [3.05, 3.63) is 28.5 Å². The Morgan fingerprint density at radius 2 is 2.25 bits per heavy atom. The first-order chi connectivity index (χ1) is 7.49. The van der Waals surface area contributed by atoms with Crippen LogP contribution in [0.25, 0.3) is 0 Å². The molecule has 6 nitrogen and oxygen atoms in total. The second kappa shape index (κ2) is 5.43. The third-order valence-electron chi connectivity index (χ3n) is 1.54. The Labute approximate surface area is 96.1 Å². The van der Waals surface area contributed by atoms with Crippen molar-refractivity contribution in [2.75, 3.05) is 6.61 Å². The topological polar surface area (TPSA) is 88.5 Å². The van der Waals surface area contributed by atoms with Crippen LogP contribution in [0.4, 0.5) is 0 Å². The highest BCUT2D eigenvalue weighted by Crippen LogP contribution is 2.10. The first kappa shape index (κ1) is 12.4. The van der Waals surface area contributed by atoms with Crippen molar-refractivity contribution in [3.63, 3.8) is 0 Å². The number of pyridine rings is 1.